The summed E-state index contributed by atoms with van der Waals surface area (Å²) in [5, 5.41) is 12.2. The molecule has 1 aromatic heterocycles. The summed E-state index contributed by atoms with van der Waals surface area (Å²) in [5.41, 5.74) is 5.20. The lowest BCUT2D eigenvalue weighted by molar-refractivity contribution is -0.115. The minimum absolute atomic E-state index is 0.0645. The number of methoxy groups -OCH3 is 1. The van der Waals surface area contributed by atoms with E-state index >= 15 is 0 Å². The first kappa shape index (κ1) is 22.1. The average Bonchev–Trinajstić information content (AvgIpc) is 3.10. The maximum absolute atomic E-state index is 12.8. The van der Waals surface area contributed by atoms with Gasteiger partial charge in [-0.1, -0.05) is 53.2 Å². The highest BCUT2D eigenvalue weighted by Gasteiger charge is 2.21. The average molecular weight is 425 g/mol. The molecular weight excluding hydrogens is 396 g/mol. The van der Waals surface area contributed by atoms with E-state index in [0.717, 1.165) is 28.2 Å². The van der Waals surface area contributed by atoms with Gasteiger partial charge in [-0.25, -0.2) is 0 Å². The molecule has 1 amide bonds. The molecule has 7 heteroatoms. The highest BCUT2D eigenvalue weighted by molar-refractivity contribution is 8.00. The molecule has 0 aliphatic rings. The van der Waals surface area contributed by atoms with Crippen LogP contribution in [0.4, 0.5) is 5.69 Å². The summed E-state index contributed by atoms with van der Waals surface area (Å²) < 4.78 is 7.29. The molecule has 0 saturated carbocycles. The van der Waals surface area contributed by atoms with E-state index in [2.05, 4.69) is 40.6 Å². The van der Waals surface area contributed by atoms with Gasteiger partial charge in [-0.3, -0.25) is 9.36 Å². The predicted octanol–water partition coefficient (Wildman–Crippen LogP) is 4.64. The quantitative estimate of drug-likeness (QED) is 0.534. The first-order valence-electron chi connectivity index (χ1n) is 9.93. The van der Waals surface area contributed by atoms with Gasteiger partial charge in [0.25, 0.3) is 0 Å². The number of rotatable bonds is 8. The second-order valence-corrected chi connectivity index (χ2v) is 8.70. The molecule has 158 valence electrons. The minimum atomic E-state index is -0.332. The number of thioether (sulfide) groups is 1. The maximum Gasteiger partial charge on any atom is 0.237 e. The van der Waals surface area contributed by atoms with Crippen LogP contribution < -0.4 is 5.32 Å². The highest BCUT2D eigenvalue weighted by atomic mass is 32.2. The molecular formula is C23H28N4O2S. The molecule has 0 aliphatic carbocycles. The Labute approximate surface area is 182 Å². The summed E-state index contributed by atoms with van der Waals surface area (Å²) in [6.07, 6.45) is 0. The molecule has 0 saturated heterocycles. The Bertz CT molecular complexity index is 1030. The summed E-state index contributed by atoms with van der Waals surface area (Å²) in [6.45, 7) is 9.11. The lowest BCUT2D eigenvalue weighted by Gasteiger charge is -2.15. The molecule has 0 unspecified atom stereocenters. The van der Waals surface area contributed by atoms with E-state index in [1.807, 2.05) is 49.6 Å². The highest BCUT2D eigenvalue weighted by Crippen LogP contribution is 2.28. The SMILES string of the molecule is COCCn1c(S[C@@H](C)C(=O)Nc2ccc(C)cc2C)nnc1-c1cccc(C)c1. The van der Waals surface area contributed by atoms with Crippen molar-refractivity contribution in [2.45, 2.75) is 44.6 Å². The fourth-order valence-electron chi connectivity index (χ4n) is 3.16. The normalized spacial score (nSPS) is 12.0. The molecule has 30 heavy (non-hydrogen) atoms. The van der Waals surface area contributed by atoms with Crippen LogP contribution in [0.25, 0.3) is 11.4 Å². The molecule has 0 bridgehead atoms. The predicted molar refractivity (Wildman–Crippen MR) is 122 cm³/mol. The molecule has 1 N–H and O–H groups in total. The maximum atomic E-state index is 12.8. The Morgan fingerprint density at radius 2 is 1.90 bits per heavy atom. The number of benzene rings is 2. The summed E-state index contributed by atoms with van der Waals surface area (Å²) in [6, 6.07) is 14.2. The summed E-state index contributed by atoms with van der Waals surface area (Å²) >= 11 is 1.40. The first-order valence-corrected chi connectivity index (χ1v) is 10.8. The Kier molecular flexibility index (Phi) is 7.29. The van der Waals surface area contributed by atoms with Crippen LogP contribution in [0.2, 0.25) is 0 Å². The Hall–Kier alpha value is -2.64. The van der Waals surface area contributed by atoms with Crippen LogP contribution in [-0.2, 0) is 16.1 Å². The number of nitrogens with zero attached hydrogens (tertiary/aromatic N) is 3. The monoisotopic (exact) mass is 424 g/mol. The lowest BCUT2D eigenvalue weighted by atomic mass is 10.1. The van der Waals surface area contributed by atoms with Gasteiger partial charge in [0.1, 0.15) is 0 Å². The van der Waals surface area contributed by atoms with Crippen molar-refractivity contribution in [2.75, 3.05) is 19.0 Å². The number of ether oxygens (including phenoxy) is 1. The largest absolute Gasteiger partial charge is 0.383 e. The van der Waals surface area contributed by atoms with E-state index in [0.29, 0.717) is 18.3 Å². The fraction of sp³-hybridized carbons (Fsp3) is 0.348. The zero-order valence-corrected chi connectivity index (χ0v) is 18.9. The van der Waals surface area contributed by atoms with Gasteiger partial charge >= 0.3 is 0 Å². The van der Waals surface area contributed by atoms with Crippen LogP contribution in [0, 0.1) is 20.8 Å². The Morgan fingerprint density at radius 3 is 2.60 bits per heavy atom. The number of carbonyl (C=O) groups is 1. The first-order chi connectivity index (χ1) is 14.4. The van der Waals surface area contributed by atoms with Gasteiger partial charge in [0.2, 0.25) is 5.91 Å². The summed E-state index contributed by atoms with van der Waals surface area (Å²) in [7, 11) is 1.67. The zero-order valence-electron chi connectivity index (χ0n) is 18.1. The molecule has 0 aliphatic heterocycles. The van der Waals surface area contributed by atoms with E-state index in [4.69, 9.17) is 4.74 Å². The third kappa shape index (κ3) is 5.29. The second-order valence-electron chi connectivity index (χ2n) is 7.39. The van der Waals surface area contributed by atoms with Crippen LogP contribution in [0.5, 0.6) is 0 Å². The van der Waals surface area contributed by atoms with Gasteiger partial charge < -0.3 is 10.1 Å². The van der Waals surface area contributed by atoms with Crippen molar-refractivity contribution in [2.24, 2.45) is 0 Å². The van der Waals surface area contributed by atoms with Crippen LogP contribution in [0.15, 0.2) is 47.6 Å². The molecule has 1 atom stereocenters. The van der Waals surface area contributed by atoms with Crippen molar-refractivity contribution in [3.05, 3.63) is 59.2 Å². The topological polar surface area (TPSA) is 69.0 Å². The van der Waals surface area contributed by atoms with E-state index in [1.165, 1.54) is 17.3 Å². The summed E-state index contributed by atoms with van der Waals surface area (Å²) in [5.74, 6) is 0.714. The van der Waals surface area contributed by atoms with E-state index in [9.17, 15) is 4.79 Å². The Morgan fingerprint density at radius 1 is 1.13 bits per heavy atom. The van der Waals surface area contributed by atoms with Gasteiger partial charge in [-0.05, 0) is 45.4 Å². The van der Waals surface area contributed by atoms with Gasteiger partial charge in [0.05, 0.1) is 18.4 Å². The number of hydrogen-bond acceptors (Lipinski definition) is 5. The van der Waals surface area contributed by atoms with Crippen LogP contribution in [0.3, 0.4) is 0 Å². The molecule has 3 rings (SSSR count). The molecule has 0 fully saturated rings. The molecule has 0 radical (unpaired) electrons. The van der Waals surface area contributed by atoms with Gasteiger partial charge in [-0.15, -0.1) is 10.2 Å². The molecule has 6 nitrogen and oxygen atoms in total. The van der Waals surface area contributed by atoms with Crippen molar-refractivity contribution >= 4 is 23.4 Å². The third-order valence-electron chi connectivity index (χ3n) is 4.80. The fourth-order valence-corrected chi connectivity index (χ4v) is 4.03. The lowest BCUT2D eigenvalue weighted by Crippen LogP contribution is -2.23. The smallest absolute Gasteiger partial charge is 0.237 e. The zero-order chi connectivity index (χ0) is 21.7. The number of amides is 1. The number of anilines is 1. The van der Waals surface area contributed by atoms with E-state index in [-0.39, 0.29) is 11.2 Å². The Balaban J connectivity index is 1.80. The number of aryl methyl sites for hydroxylation is 3. The molecule has 2 aromatic carbocycles. The molecule has 1 heterocycles. The van der Waals surface area contributed by atoms with Gasteiger partial charge in [0, 0.05) is 18.4 Å². The number of hydrogen-bond donors (Lipinski definition) is 1. The van der Waals surface area contributed by atoms with E-state index < -0.39 is 0 Å². The van der Waals surface area contributed by atoms with Gasteiger partial charge in [-0.2, -0.15) is 0 Å². The number of aromatic nitrogens is 3. The summed E-state index contributed by atoms with van der Waals surface area (Å²) in [4.78, 5) is 12.8. The standard InChI is InChI=1S/C23H28N4O2S/c1-15-7-6-8-19(14-15)21-25-26-23(27(21)11-12-29-5)30-18(4)22(28)24-20-10-9-16(2)13-17(20)3/h6-10,13-14,18H,11-12H2,1-5H3,(H,24,28)/t18-/m0/s1. The van der Waals surface area contributed by atoms with Crippen LogP contribution in [-0.4, -0.2) is 39.6 Å². The van der Waals surface area contributed by atoms with Crippen molar-refractivity contribution in [1.29, 1.82) is 0 Å². The van der Waals surface area contributed by atoms with Crippen LogP contribution in [0.1, 0.15) is 23.6 Å². The van der Waals surface area contributed by atoms with Crippen molar-refractivity contribution in [3.8, 4) is 11.4 Å². The second kappa shape index (κ2) is 9.91. The van der Waals surface area contributed by atoms with Crippen LogP contribution >= 0.6 is 11.8 Å². The van der Waals surface area contributed by atoms with Crippen molar-refractivity contribution in [3.63, 3.8) is 0 Å². The molecule has 3 aromatic rings. The third-order valence-corrected chi connectivity index (χ3v) is 5.88. The van der Waals surface area contributed by atoms with Gasteiger partial charge in [0.15, 0.2) is 11.0 Å². The number of carbonyl (C=O) groups excluding carboxylic acids is 1. The van der Waals surface area contributed by atoms with Crippen molar-refractivity contribution in [1.82, 2.24) is 14.8 Å². The minimum Gasteiger partial charge on any atom is -0.383 e. The molecule has 0 spiro atoms. The number of nitrogens with one attached hydrogen (secondary N) is 1. The van der Waals surface area contributed by atoms with Crippen molar-refractivity contribution < 1.29 is 9.53 Å². The van der Waals surface area contributed by atoms with E-state index in [1.54, 1.807) is 7.11 Å².